The number of amides is 1. The van der Waals surface area contributed by atoms with Crippen LogP contribution in [0.3, 0.4) is 0 Å². The second-order valence-electron chi connectivity index (χ2n) is 5.29. The van der Waals surface area contributed by atoms with Crippen molar-refractivity contribution in [2.45, 2.75) is 32.7 Å². The topological polar surface area (TPSA) is 69.1 Å². The molecule has 1 aromatic carbocycles. The number of carbonyl (C=O) groups excluding carboxylic acids is 1. The Balaban J connectivity index is 2.78. The van der Waals surface area contributed by atoms with Gasteiger partial charge in [-0.2, -0.15) is 0 Å². The van der Waals surface area contributed by atoms with E-state index in [2.05, 4.69) is 15.9 Å². The van der Waals surface area contributed by atoms with Gasteiger partial charge in [-0.25, -0.2) is 4.39 Å². The third-order valence-electron chi connectivity index (χ3n) is 2.80. The molecule has 1 atom stereocenters. The van der Waals surface area contributed by atoms with Crippen molar-refractivity contribution in [2.75, 3.05) is 0 Å². The number of hydrogen-bond donors (Lipinski definition) is 2. The Morgan fingerprint density at radius 3 is 2.61 bits per heavy atom. The lowest BCUT2D eigenvalue weighted by Gasteiger charge is -2.27. The van der Waals surface area contributed by atoms with Crippen molar-refractivity contribution < 1.29 is 9.18 Å². The molecule has 0 spiro atoms. The summed E-state index contributed by atoms with van der Waals surface area (Å²) in [5.74, 6) is -0.658. The van der Waals surface area contributed by atoms with Crippen molar-refractivity contribution in [1.29, 1.82) is 0 Å². The highest BCUT2D eigenvalue weighted by molar-refractivity contribution is 9.10. The Morgan fingerprint density at radius 1 is 1.50 bits per heavy atom. The van der Waals surface area contributed by atoms with Crippen LogP contribution in [0.5, 0.6) is 0 Å². The molecule has 0 heterocycles. The van der Waals surface area contributed by atoms with Crippen molar-refractivity contribution in [2.24, 2.45) is 16.9 Å². The number of rotatable bonds is 5. The maximum absolute atomic E-state index is 13.1. The van der Waals surface area contributed by atoms with Crippen LogP contribution in [-0.2, 0) is 4.79 Å². The van der Waals surface area contributed by atoms with Crippen molar-refractivity contribution in [3.63, 3.8) is 0 Å². The number of halogens is 2. The fraction of sp³-hybridized carbons (Fsp3) is 0.462. The monoisotopic (exact) mass is 316 g/mol. The third kappa shape index (κ3) is 4.38. The highest BCUT2D eigenvalue weighted by Crippen LogP contribution is 2.32. The van der Waals surface area contributed by atoms with Crippen LogP contribution >= 0.6 is 15.9 Å². The van der Waals surface area contributed by atoms with E-state index in [1.807, 2.05) is 13.8 Å². The van der Waals surface area contributed by atoms with Crippen molar-refractivity contribution >= 4 is 21.8 Å². The SMILES string of the molecule is CC(C)(CC(N)=O)CC(N)c1ccc(F)c(Br)c1. The molecule has 0 aliphatic rings. The van der Waals surface area contributed by atoms with Crippen LogP contribution in [0.1, 0.15) is 38.3 Å². The van der Waals surface area contributed by atoms with Gasteiger partial charge in [-0.15, -0.1) is 0 Å². The van der Waals surface area contributed by atoms with Crippen molar-refractivity contribution in [1.82, 2.24) is 0 Å². The zero-order chi connectivity index (χ0) is 13.9. The molecule has 0 aliphatic heterocycles. The average Bonchev–Trinajstić information content (AvgIpc) is 2.19. The van der Waals surface area contributed by atoms with E-state index >= 15 is 0 Å². The smallest absolute Gasteiger partial charge is 0.217 e. The molecule has 0 bridgehead atoms. The van der Waals surface area contributed by atoms with Gasteiger partial charge < -0.3 is 11.5 Å². The first-order chi connectivity index (χ1) is 8.21. The lowest BCUT2D eigenvalue weighted by atomic mass is 9.81. The van der Waals surface area contributed by atoms with Crippen molar-refractivity contribution in [3.8, 4) is 0 Å². The first kappa shape index (κ1) is 15.1. The van der Waals surface area contributed by atoms with E-state index in [0.29, 0.717) is 10.9 Å². The van der Waals surface area contributed by atoms with Crippen LogP contribution in [0, 0.1) is 11.2 Å². The van der Waals surface area contributed by atoms with Gasteiger partial charge >= 0.3 is 0 Å². The molecule has 0 saturated heterocycles. The second kappa shape index (κ2) is 5.80. The Labute approximate surface area is 115 Å². The summed E-state index contributed by atoms with van der Waals surface area (Å²) in [6.45, 7) is 3.88. The summed E-state index contributed by atoms with van der Waals surface area (Å²) < 4.78 is 13.5. The van der Waals surface area contributed by atoms with Crippen LogP contribution < -0.4 is 11.5 Å². The third-order valence-corrected chi connectivity index (χ3v) is 3.40. The maximum Gasteiger partial charge on any atom is 0.217 e. The van der Waals surface area contributed by atoms with E-state index < -0.39 is 0 Å². The van der Waals surface area contributed by atoms with E-state index in [0.717, 1.165) is 5.56 Å². The number of nitrogens with two attached hydrogens (primary N) is 2. The molecule has 5 heteroatoms. The van der Waals surface area contributed by atoms with Gasteiger partial charge in [0.05, 0.1) is 4.47 Å². The molecule has 0 radical (unpaired) electrons. The number of benzene rings is 1. The van der Waals surface area contributed by atoms with Gasteiger partial charge in [0.15, 0.2) is 0 Å². The van der Waals surface area contributed by atoms with Crippen LogP contribution in [0.4, 0.5) is 4.39 Å². The molecule has 100 valence electrons. The fourth-order valence-corrected chi connectivity index (χ4v) is 2.40. The standard InChI is InChI=1S/C13H18BrFN2O/c1-13(2,7-12(17)18)6-11(16)8-3-4-10(15)9(14)5-8/h3-5,11H,6-7,16H2,1-2H3,(H2,17,18). The molecule has 0 aromatic heterocycles. The van der Waals surface area contributed by atoms with Crippen LogP contribution in [-0.4, -0.2) is 5.91 Å². The van der Waals surface area contributed by atoms with E-state index in [4.69, 9.17) is 11.5 Å². The van der Waals surface area contributed by atoms with Crippen LogP contribution in [0.25, 0.3) is 0 Å². The zero-order valence-corrected chi connectivity index (χ0v) is 12.1. The van der Waals surface area contributed by atoms with E-state index in [1.54, 1.807) is 12.1 Å². The predicted molar refractivity (Wildman–Crippen MR) is 73.2 cm³/mol. The van der Waals surface area contributed by atoms with E-state index in [-0.39, 0.29) is 29.6 Å². The average molecular weight is 317 g/mol. The predicted octanol–water partition coefficient (Wildman–Crippen LogP) is 2.88. The maximum atomic E-state index is 13.1. The quantitative estimate of drug-likeness (QED) is 0.877. The van der Waals surface area contributed by atoms with Gasteiger partial charge in [0.1, 0.15) is 5.82 Å². The van der Waals surface area contributed by atoms with Gasteiger partial charge in [-0.3, -0.25) is 4.79 Å². The van der Waals surface area contributed by atoms with E-state index in [9.17, 15) is 9.18 Å². The molecular formula is C13H18BrFN2O. The molecule has 1 amide bonds. The fourth-order valence-electron chi connectivity index (χ4n) is 2.00. The molecule has 0 aliphatic carbocycles. The van der Waals surface area contributed by atoms with Gasteiger partial charge in [-0.1, -0.05) is 19.9 Å². The molecule has 1 unspecified atom stereocenters. The van der Waals surface area contributed by atoms with E-state index in [1.165, 1.54) is 6.07 Å². The molecular weight excluding hydrogens is 299 g/mol. The summed E-state index contributed by atoms with van der Waals surface area (Å²) in [5.41, 5.74) is 11.8. The molecule has 1 rings (SSSR count). The lowest BCUT2D eigenvalue weighted by Crippen LogP contribution is -2.27. The highest BCUT2D eigenvalue weighted by Gasteiger charge is 2.24. The summed E-state index contributed by atoms with van der Waals surface area (Å²) in [6, 6.07) is 4.45. The first-order valence-corrected chi connectivity index (χ1v) is 6.49. The Morgan fingerprint density at radius 2 is 2.11 bits per heavy atom. The summed E-state index contributed by atoms with van der Waals surface area (Å²) >= 11 is 3.13. The Kier molecular flexibility index (Phi) is 4.87. The van der Waals surface area contributed by atoms with Gasteiger partial charge in [0.2, 0.25) is 5.91 Å². The minimum absolute atomic E-state index is 0.253. The molecule has 18 heavy (non-hydrogen) atoms. The summed E-state index contributed by atoms with van der Waals surface area (Å²) in [4.78, 5) is 11.0. The summed E-state index contributed by atoms with van der Waals surface area (Å²) in [6.07, 6.45) is 0.886. The zero-order valence-electron chi connectivity index (χ0n) is 10.5. The van der Waals surface area contributed by atoms with Crippen LogP contribution in [0.2, 0.25) is 0 Å². The molecule has 4 N–H and O–H groups in total. The lowest BCUT2D eigenvalue weighted by molar-refractivity contribution is -0.120. The van der Waals surface area contributed by atoms with Crippen LogP contribution in [0.15, 0.2) is 22.7 Å². The number of hydrogen-bond acceptors (Lipinski definition) is 2. The highest BCUT2D eigenvalue weighted by atomic mass is 79.9. The normalized spacial score (nSPS) is 13.4. The van der Waals surface area contributed by atoms with Crippen molar-refractivity contribution in [3.05, 3.63) is 34.1 Å². The minimum Gasteiger partial charge on any atom is -0.370 e. The van der Waals surface area contributed by atoms with Gasteiger partial charge in [-0.05, 0) is 45.5 Å². The molecule has 3 nitrogen and oxygen atoms in total. The summed E-state index contributed by atoms with van der Waals surface area (Å²) in [7, 11) is 0. The Bertz CT molecular complexity index is 449. The largest absolute Gasteiger partial charge is 0.370 e. The Hall–Kier alpha value is -0.940. The molecule has 1 aromatic rings. The molecule has 0 fully saturated rings. The second-order valence-corrected chi connectivity index (χ2v) is 6.15. The van der Waals surface area contributed by atoms with Gasteiger partial charge in [0.25, 0.3) is 0 Å². The molecule has 0 saturated carbocycles. The number of primary amides is 1. The summed E-state index contributed by atoms with van der Waals surface area (Å²) in [5, 5.41) is 0. The number of carbonyl (C=O) groups is 1. The van der Waals surface area contributed by atoms with Gasteiger partial charge in [0, 0.05) is 12.5 Å². The minimum atomic E-state index is -0.340. The first-order valence-electron chi connectivity index (χ1n) is 5.70.